The average molecular weight is 325 g/mol. The van der Waals surface area contributed by atoms with E-state index in [2.05, 4.69) is 18.8 Å². The Bertz CT molecular complexity index is 675. The van der Waals surface area contributed by atoms with Crippen LogP contribution in [0.15, 0.2) is 60.7 Å². The van der Waals surface area contributed by atoms with Crippen LogP contribution in [0.1, 0.15) is 30.6 Å². The Kier molecular flexibility index (Phi) is 6.43. The zero-order valence-electron chi connectivity index (χ0n) is 14.2. The van der Waals surface area contributed by atoms with Crippen LogP contribution in [0, 0.1) is 0 Å². The summed E-state index contributed by atoms with van der Waals surface area (Å²) in [5, 5.41) is 2.86. The second kappa shape index (κ2) is 8.77. The molecule has 0 saturated carbocycles. The first kappa shape index (κ1) is 17.6. The Morgan fingerprint density at radius 1 is 1.00 bits per heavy atom. The first-order valence-electron chi connectivity index (χ1n) is 8.00. The largest absolute Gasteiger partial charge is 0.494 e. The van der Waals surface area contributed by atoms with E-state index in [1.54, 1.807) is 24.3 Å². The van der Waals surface area contributed by atoms with Crippen LogP contribution in [0.25, 0.3) is 0 Å². The molecule has 0 heterocycles. The fraction of sp³-hybridized carbons (Fsp3) is 0.250. The van der Waals surface area contributed by atoms with Gasteiger partial charge in [0.15, 0.2) is 0 Å². The third-order valence-electron chi connectivity index (χ3n) is 3.19. The maximum atomic E-state index is 12.3. The van der Waals surface area contributed by atoms with E-state index in [0.29, 0.717) is 24.5 Å². The van der Waals surface area contributed by atoms with E-state index in [1.165, 1.54) is 0 Å². The molecule has 4 heteroatoms. The van der Waals surface area contributed by atoms with Gasteiger partial charge in [0, 0.05) is 11.3 Å². The van der Waals surface area contributed by atoms with Crippen LogP contribution in [-0.2, 0) is 0 Å². The summed E-state index contributed by atoms with van der Waals surface area (Å²) in [7, 11) is 0. The van der Waals surface area contributed by atoms with Crippen molar-refractivity contribution in [3.05, 3.63) is 66.2 Å². The van der Waals surface area contributed by atoms with Crippen LogP contribution < -0.4 is 14.8 Å². The van der Waals surface area contributed by atoms with Gasteiger partial charge in [0.2, 0.25) is 0 Å². The third kappa shape index (κ3) is 5.47. The molecule has 1 amide bonds. The van der Waals surface area contributed by atoms with Gasteiger partial charge in [-0.3, -0.25) is 4.79 Å². The Morgan fingerprint density at radius 2 is 1.58 bits per heavy atom. The first-order valence-corrected chi connectivity index (χ1v) is 8.00. The molecular weight excluding hydrogens is 302 g/mol. The van der Waals surface area contributed by atoms with Gasteiger partial charge in [-0.25, -0.2) is 0 Å². The lowest BCUT2D eigenvalue weighted by Gasteiger charge is -2.09. The van der Waals surface area contributed by atoms with Crippen LogP contribution >= 0.6 is 0 Å². The van der Waals surface area contributed by atoms with E-state index in [9.17, 15) is 4.79 Å². The predicted molar refractivity (Wildman–Crippen MR) is 96.9 cm³/mol. The van der Waals surface area contributed by atoms with Crippen LogP contribution in [0.3, 0.4) is 0 Å². The van der Waals surface area contributed by atoms with Crippen molar-refractivity contribution in [2.75, 3.05) is 18.5 Å². The number of carbonyl (C=O) groups excluding carboxylic acids is 1. The number of ether oxygens (including phenoxy) is 2. The molecule has 0 spiro atoms. The minimum absolute atomic E-state index is 0.163. The van der Waals surface area contributed by atoms with Crippen molar-refractivity contribution in [3.63, 3.8) is 0 Å². The number of amides is 1. The van der Waals surface area contributed by atoms with Gasteiger partial charge in [-0.05, 0) is 67.4 Å². The van der Waals surface area contributed by atoms with Gasteiger partial charge in [-0.2, -0.15) is 0 Å². The van der Waals surface area contributed by atoms with E-state index in [4.69, 9.17) is 9.47 Å². The lowest BCUT2D eigenvalue weighted by molar-refractivity contribution is 0.102. The molecule has 0 aliphatic rings. The van der Waals surface area contributed by atoms with Gasteiger partial charge in [0.1, 0.15) is 18.1 Å². The van der Waals surface area contributed by atoms with Crippen LogP contribution in [0.2, 0.25) is 0 Å². The smallest absolute Gasteiger partial charge is 0.255 e. The first-order chi connectivity index (χ1) is 11.6. The molecule has 0 unspecified atom stereocenters. The third-order valence-corrected chi connectivity index (χ3v) is 3.19. The minimum Gasteiger partial charge on any atom is -0.494 e. The Morgan fingerprint density at radius 3 is 2.17 bits per heavy atom. The molecule has 24 heavy (non-hydrogen) atoms. The van der Waals surface area contributed by atoms with Gasteiger partial charge in [0.05, 0.1) is 6.61 Å². The Hall–Kier alpha value is -2.75. The highest BCUT2D eigenvalue weighted by Gasteiger charge is 2.06. The summed E-state index contributed by atoms with van der Waals surface area (Å²) >= 11 is 0. The number of nitrogens with one attached hydrogen (secondary N) is 1. The normalized spacial score (nSPS) is 10.1. The summed E-state index contributed by atoms with van der Waals surface area (Å²) in [5.74, 6) is 1.35. The molecule has 1 N–H and O–H groups in total. The molecular formula is C20H23NO3. The lowest BCUT2D eigenvalue weighted by atomic mass is 10.2. The summed E-state index contributed by atoms with van der Waals surface area (Å²) in [4.78, 5) is 12.3. The lowest BCUT2D eigenvalue weighted by Crippen LogP contribution is -2.11. The summed E-state index contributed by atoms with van der Waals surface area (Å²) in [6.07, 6.45) is 0.963. The highest BCUT2D eigenvalue weighted by atomic mass is 16.5. The molecule has 0 saturated heterocycles. The monoisotopic (exact) mass is 325 g/mol. The zero-order chi connectivity index (χ0) is 17.4. The number of carbonyl (C=O) groups is 1. The van der Waals surface area contributed by atoms with Crippen molar-refractivity contribution < 1.29 is 14.3 Å². The van der Waals surface area contributed by atoms with Crippen molar-refractivity contribution in [2.45, 2.75) is 20.3 Å². The van der Waals surface area contributed by atoms with E-state index < -0.39 is 0 Å². The van der Waals surface area contributed by atoms with Gasteiger partial charge in [-0.15, -0.1) is 0 Å². The summed E-state index contributed by atoms with van der Waals surface area (Å²) < 4.78 is 11.0. The van der Waals surface area contributed by atoms with E-state index in [-0.39, 0.29) is 5.91 Å². The number of hydrogen-bond acceptors (Lipinski definition) is 3. The van der Waals surface area contributed by atoms with Crippen molar-refractivity contribution in [2.24, 2.45) is 0 Å². The van der Waals surface area contributed by atoms with Crippen molar-refractivity contribution in [1.82, 2.24) is 0 Å². The van der Waals surface area contributed by atoms with Gasteiger partial charge < -0.3 is 14.8 Å². The van der Waals surface area contributed by atoms with Gasteiger partial charge in [0.25, 0.3) is 5.91 Å². The maximum Gasteiger partial charge on any atom is 0.255 e. The molecule has 0 bridgehead atoms. The average Bonchev–Trinajstić information content (AvgIpc) is 2.59. The molecule has 0 aliphatic heterocycles. The van der Waals surface area contributed by atoms with Crippen LogP contribution in [-0.4, -0.2) is 19.1 Å². The summed E-state index contributed by atoms with van der Waals surface area (Å²) in [6.45, 7) is 8.91. The highest BCUT2D eigenvalue weighted by molar-refractivity contribution is 6.04. The fourth-order valence-corrected chi connectivity index (χ4v) is 1.97. The van der Waals surface area contributed by atoms with Gasteiger partial charge in [-0.1, -0.05) is 13.5 Å². The van der Waals surface area contributed by atoms with Crippen molar-refractivity contribution in [3.8, 4) is 11.5 Å². The fourth-order valence-electron chi connectivity index (χ4n) is 1.97. The predicted octanol–water partition coefficient (Wildman–Crippen LogP) is 4.68. The number of anilines is 1. The molecule has 0 radical (unpaired) electrons. The SMILES string of the molecule is C=C(C)COc1ccc(C(=O)Nc2ccc(OCCC)cc2)cc1. The van der Waals surface area contributed by atoms with E-state index in [1.807, 2.05) is 31.2 Å². The van der Waals surface area contributed by atoms with Crippen LogP contribution in [0.5, 0.6) is 11.5 Å². The molecule has 2 rings (SSSR count). The molecule has 0 aliphatic carbocycles. The summed E-state index contributed by atoms with van der Waals surface area (Å²) in [6, 6.07) is 14.4. The number of rotatable bonds is 8. The number of hydrogen-bond donors (Lipinski definition) is 1. The second-order valence-corrected chi connectivity index (χ2v) is 5.60. The van der Waals surface area contributed by atoms with E-state index in [0.717, 1.165) is 23.4 Å². The van der Waals surface area contributed by atoms with Gasteiger partial charge >= 0.3 is 0 Å². The molecule has 2 aromatic carbocycles. The minimum atomic E-state index is -0.163. The molecule has 0 fully saturated rings. The molecule has 0 atom stereocenters. The van der Waals surface area contributed by atoms with Crippen molar-refractivity contribution in [1.29, 1.82) is 0 Å². The highest BCUT2D eigenvalue weighted by Crippen LogP contribution is 2.18. The topological polar surface area (TPSA) is 47.6 Å². The molecule has 2 aromatic rings. The Labute approximate surface area is 143 Å². The second-order valence-electron chi connectivity index (χ2n) is 5.60. The zero-order valence-corrected chi connectivity index (χ0v) is 14.2. The number of benzene rings is 2. The van der Waals surface area contributed by atoms with Crippen molar-refractivity contribution >= 4 is 11.6 Å². The van der Waals surface area contributed by atoms with Crippen LogP contribution in [0.4, 0.5) is 5.69 Å². The quantitative estimate of drug-likeness (QED) is 0.717. The maximum absolute atomic E-state index is 12.3. The molecule has 4 nitrogen and oxygen atoms in total. The standard InChI is InChI=1S/C20H23NO3/c1-4-13-23-18-11-7-17(8-12-18)21-20(22)16-5-9-19(10-6-16)24-14-15(2)3/h5-12H,2,4,13-14H2,1,3H3,(H,21,22). The Balaban J connectivity index is 1.92. The molecule has 126 valence electrons. The summed E-state index contributed by atoms with van der Waals surface area (Å²) in [5.41, 5.74) is 2.25. The van der Waals surface area contributed by atoms with E-state index >= 15 is 0 Å². The molecule has 0 aromatic heterocycles.